The fourth-order valence-electron chi connectivity index (χ4n) is 2.63. The first-order valence-corrected chi connectivity index (χ1v) is 7.91. The zero-order chi connectivity index (χ0) is 14.0. The lowest BCUT2D eigenvalue weighted by molar-refractivity contribution is 0.0527. The van der Waals surface area contributed by atoms with E-state index in [1.165, 1.54) is 5.56 Å². The number of likely N-dealkylation sites (N-methyl/N-ethyl adjacent to an activating group) is 1. The van der Waals surface area contributed by atoms with E-state index in [-0.39, 0.29) is 5.91 Å². The number of nitrogens with zero attached hydrogens (tertiary/aromatic N) is 2. The quantitative estimate of drug-likeness (QED) is 0.746. The van der Waals surface area contributed by atoms with Gasteiger partial charge in [0.15, 0.2) is 0 Å². The van der Waals surface area contributed by atoms with Gasteiger partial charge >= 0.3 is 0 Å². The molecule has 0 spiro atoms. The number of amides is 1. The van der Waals surface area contributed by atoms with Crippen LogP contribution in [0.25, 0.3) is 0 Å². The molecule has 1 aliphatic rings. The number of rotatable bonds is 2. The molecule has 4 heteroatoms. The fraction of sp³-hybridized carbons (Fsp3) is 0.533. The van der Waals surface area contributed by atoms with Crippen molar-refractivity contribution >= 4 is 28.5 Å². The van der Waals surface area contributed by atoms with Gasteiger partial charge in [-0.1, -0.05) is 19.1 Å². The Balaban J connectivity index is 2.15. The van der Waals surface area contributed by atoms with Crippen molar-refractivity contribution in [2.24, 2.45) is 0 Å². The molecule has 1 aliphatic heterocycles. The van der Waals surface area contributed by atoms with Gasteiger partial charge in [-0.2, -0.15) is 0 Å². The average molecular weight is 372 g/mol. The van der Waals surface area contributed by atoms with E-state index in [0.29, 0.717) is 6.04 Å². The number of carbonyl (C=O) groups is 1. The minimum Gasteiger partial charge on any atom is -0.336 e. The number of aryl methyl sites for hydroxylation is 1. The summed E-state index contributed by atoms with van der Waals surface area (Å²) in [5.74, 6) is 0.177. The summed E-state index contributed by atoms with van der Waals surface area (Å²) in [6.45, 7) is 10.1. The summed E-state index contributed by atoms with van der Waals surface area (Å²) in [5, 5.41) is 0. The maximum atomic E-state index is 12.6. The van der Waals surface area contributed by atoms with Crippen LogP contribution in [-0.2, 0) is 0 Å². The van der Waals surface area contributed by atoms with Gasteiger partial charge in [-0.25, -0.2) is 0 Å². The Morgan fingerprint density at radius 3 is 2.79 bits per heavy atom. The summed E-state index contributed by atoms with van der Waals surface area (Å²) in [7, 11) is 0. The monoisotopic (exact) mass is 372 g/mol. The largest absolute Gasteiger partial charge is 0.336 e. The van der Waals surface area contributed by atoms with Crippen molar-refractivity contribution in [1.82, 2.24) is 9.80 Å². The van der Waals surface area contributed by atoms with E-state index in [1.54, 1.807) is 0 Å². The molecule has 1 atom stereocenters. The third-order valence-electron chi connectivity index (χ3n) is 3.88. The van der Waals surface area contributed by atoms with Crippen LogP contribution in [0.1, 0.15) is 29.8 Å². The predicted molar refractivity (Wildman–Crippen MR) is 86.5 cm³/mol. The Bertz CT molecular complexity index is 475. The molecule has 0 radical (unpaired) electrons. The number of hydrogen-bond donors (Lipinski definition) is 0. The molecule has 2 rings (SSSR count). The van der Waals surface area contributed by atoms with Crippen molar-refractivity contribution in [3.05, 3.63) is 32.9 Å². The summed E-state index contributed by atoms with van der Waals surface area (Å²) in [4.78, 5) is 17.0. The first-order valence-electron chi connectivity index (χ1n) is 6.83. The Morgan fingerprint density at radius 2 is 2.16 bits per heavy atom. The van der Waals surface area contributed by atoms with E-state index < -0.39 is 0 Å². The van der Waals surface area contributed by atoms with Crippen LogP contribution in [0.4, 0.5) is 0 Å². The fourth-order valence-corrected chi connectivity index (χ4v) is 3.22. The molecular formula is C15H21IN2O. The third-order valence-corrected chi connectivity index (χ3v) is 5.31. The standard InChI is InChI=1S/C15H21IN2O/c1-4-17-8-9-18(10-12(17)3)15(19)13-7-5-6-11(2)14(13)16/h5-7,12H,4,8-10H2,1-3H3. The topological polar surface area (TPSA) is 23.6 Å². The molecule has 3 nitrogen and oxygen atoms in total. The highest BCUT2D eigenvalue weighted by Gasteiger charge is 2.27. The maximum Gasteiger partial charge on any atom is 0.255 e. The maximum absolute atomic E-state index is 12.6. The third kappa shape index (κ3) is 3.11. The SMILES string of the molecule is CCN1CCN(C(=O)c2cccc(C)c2I)CC1C. The van der Waals surface area contributed by atoms with Crippen molar-refractivity contribution in [3.8, 4) is 0 Å². The summed E-state index contributed by atoms with van der Waals surface area (Å²) in [5.41, 5.74) is 2.02. The van der Waals surface area contributed by atoms with Gasteiger partial charge in [0, 0.05) is 29.2 Å². The Kier molecular flexibility index (Phi) is 4.84. The molecule has 0 N–H and O–H groups in total. The first-order chi connectivity index (χ1) is 9.04. The lowest BCUT2D eigenvalue weighted by Crippen LogP contribution is -2.53. The Labute approximate surface area is 129 Å². The van der Waals surface area contributed by atoms with E-state index in [0.717, 1.165) is 35.3 Å². The second kappa shape index (κ2) is 6.22. The van der Waals surface area contributed by atoms with Gasteiger partial charge < -0.3 is 4.90 Å². The molecule has 1 heterocycles. The minimum absolute atomic E-state index is 0.177. The number of hydrogen-bond acceptors (Lipinski definition) is 2. The minimum atomic E-state index is 0.177. The summed E-state index contributed by atoms with van der Waals surface area (Å²) in [6, 6.07) is 6.41. The molecule has 1 amide bonds. The number of piperazine rings is 1. The number of halogens is 1. The van der Waals surface area contributed by atoms with Crippen molar-refractivity contribution in [3.63, 3.8) is 0 Å². The van der Waals surface area contributed by atoms with Crippen LogP contribution in [0.3, 0.4) is 0 Å². The zero-order valence-electron chi connectivity index (χ0n) is 11.8. The van der Waals surface area contributed by atoms with Gasteiger partial charge in [0.1, 0.15) is 0 Å². The van der Waals surface area contributed by atoms with Crippen LogP contribution in [-0.4, -0.2) is 47.9 Å². The van der Waals surface area contributed by atoms with E-state index in [2.05, 4.69) is 54.3 Å². The van der Waals surface area contributed by atoms with Gasteiger partial charge in [0.2, 0.25) is 0 Å². The number of carbonyl (C=O) groups excluding carboxylic acids is 1. The second-order valence-corrected chi connectivity index (χ2v) is 6.24. The summed E-state index contributed by atoms with van der Waals surface area (Å²) >= 11 is 2.28. The molecule has 1 aromatic rings. The smallest absolute Gasteiger partial charge is 0.255 e. The molecule has 1 fully saturated rings. The van der Waals surface area contributed by atoms with Gasteiger partial charge in [-0.3, -0.25) is 9.69 Å². The van der Waals surface area contributed by atoms with Crippen molar-refractivity contribution < 1.29 is 4.79 Å². The molecule has 0 saturated carbocycles. The highest BCUT2D eigenvalue weighted by Crippen LogP contribution is 2.20. The van der Waals surface area contributed by atoms with Crippen LogP contribution >= 0.6 is 22.6 Å². The van der Waals surface area contributed by atoms with Crippen LogP contribution < -0.4 is 0 Å². The molecule has 104 valence electrons. The molecule has 1 saturated heterocycles. The average Bonchev–Trinajstić information content (AvgIpc) is 2.41. The van der Waals surface area contributed by atoms with E-state index in [1.807, 2.05) is 17.0 Å². The Morgan fingerprint density at radius 1 is 1.42 bits per heavy atom. The van der Waals surface area contributed by atoms with E-state index in [9.17, 15) is 4.79 Å². The summed E-state index contributed by atoms with van der Waals surface area (Å²) < 4.78 is 1.08. The molecule has 0 aliphatic carbocycles. The molecular weight excluding hydrogens is 351 g/mol. The lowest BCUT2D eigenvalue weighted by atomic mass is 10.1. The van der Waals surface area contributed by atoms with E-state index >= 15 is 0 Å². The normalized spacial score (nSPS) is 20.6. The van der Waals surface area contributed by atoms with Crippen molar-refractivity contribution in [2.75, 3.05) is 26.2 Å². The van der Waals surface area contributed by atoms with Crippen molar-refractivity contribution in [2.45, 2.75) is 26.8 Å². The van der Waals surface area contributed by atoms with Crippen LogP contribution in [0, 0.1) is 10.5 Å². The molecule has 19 heavy (non-hydrogen) atoms. The van der Waals surface area contributed by atoms with Crippen molar-refractivity contribution in [1.29, 1.82) is 0 Å². The number of benzene rings is 1. The van der Waals surface area contributed by atoms with Gasteiger partial charge in [0.05, 0.1) is 5.56 Å². The first kappa shape index (κ1) is 14.8. The van der Waals surface area contributed by atoms with Gasteiger partial charge in [-0.05, 0) is 54.6 Å². The van der Waals surface area contributed by atoms with Gasteiger partial charge in [-0.15, -0.1) is 0 Å². The Hall–Kier alpha value is -0.620. The highest BCUT2D eigenvalue weighted by atomic mass is 127. The highest BCUT2D eigenvalue weighted by molar-refractivity contribution is 14.1. The van der Waals surface area contributed by atoms with Crippen LogP contribution in [0.2, 0.25) is 0 Å². The predicted octanol–water partition coefficient (Wildman–Crippen LogP) is 2.77. The van der Waals surface area contributed by atoms with Crippen LogP contribution in [0.5, 0.6) is 0 Å². The van der Waals surface area contributed by atoms with E-state index in [4.69, 9.17) is 0 Å². The second-order valence-electron chi connectivity index (χ2n) is 5.17. The molecule has 1 unspecified atom stereocenters. The van der Waals surface area contributed by atoms with Crippen LogP contribution in [0.15, 0.2) is 18.2 Å². The summed E-state index contributed by atoms with van der Waals surface area (Å²) in [6.07, 6.45) is 0. The lowest BCUT2D eigenvalue weighted by Gasteiger charge is -2.39. The zero-order valence-corrected chi connectivity index (χ0v) is 14.0. The molecule has 0 aromatic heterocycles. The molecule has 0 bridgehead atoms. The molecule has 1 aromatic carbocycles. The van der Waals surface area contributed by atoms with Gasteiger partial charge in [0.25, 0.3) is 5.91 Å².